The van der Waals surface area contributed by atoms with Crippen molar-refractivity contribution in [2.24, 2.45) is 0 Å². The summed E-state index contributed by atoms with van der Waals surface area (Å²) in [6.45, 7) is 0.627. The number of aromatic amines is 1. The molecular formula is C23H19N5O2S2. The SMILES string of the molecule is CN1C=C(c2ccc(-c3cc4sc(-c5cnc(C6C=CCN6C=O)[nH]5)cc4s3)cc2)NO1. The second-order valence-electron chi connectivity index (χ2n) is 7.67. The number of imidazole rings is 1. The molecule has 6 rings (SSSR count). The van der Waals surface area contributed by atoms with Gasteiger partial charge in [0.05, 0.1) is 28.7 Å². The number of hydrogen-bond donors (Lipinski definition) is 2. The van der Waals surface area contributed by atoms with E-state index in [1.807, 2.05) is 31.6 Å². The van der Waals surface area contributed by atoms with Crippen LogP contribution in [-0.2, 0) is 9.73 Å². The van der Waals surface area contributed by atoms with Crippen LogP contribution in [0.15, 0.2) is 60.9 Å². The summed E-state index contributed by atoms with van der Waals surface area (Å²) in [6, 6.07) is 12.8. The smallest absolute Gasteiger partial charge is 0.210 e. The first-order valence-corrected chi connectivity index (χ1v) is 11.8. The Labute approximate surface area is 192 Å². The lowest BCUT2D eigenvalue weighted by molar-refractivity contribution is -0.121. The number of carbonyl (C=O) groups excluding carboxylic acids is 1. The van der Waals surface area contributed by atoms with Crippen molar-refractivity contribution in [1.29, 1.82) is 0 Å². The number of thiophene rings is 2. The molecule has 4 aromatic rings. The first-order chi connectivity index (χ1) is 15.7. The Morgan fingerprint density at radius 1 is 1.12 bits per heavy atom. The van der Waals surface area contributed by atoms with Crippen LogP contribution in [0.3, 0.4) is 0 Å². The predicted molar refractivity (Wildman–Crippen MR) is 127 cm³/mol. The monoisotopic (exact) mass is 461 g/mol. The van der Waals surface area contributed by atoms with Gasteiger partial charge < -0.3 is 9.88 Å². The number of nitrogens with zero attached hydrogens (tertiary/aromatic N) is 3. The van der Waals surface area contributed by atoms with Gasteiger partial charge in [-0.05, 0) is 17.7 Å². The summed E-state index contributed by atoms with van der Waals surface area (Å²) in [5, 5.41) is 1.64. The van der Waals surface area contributed by atoms with E-state index in [1.165, 1.54) is 19.8 Å². The summed E-state index contributed by atoms with van der Waals surface area (Å²) in [5.41, 5.74) is 7.11. The topological polar surface area (TPSA) is 73.5 Å². The number of amides is 1. The lowest BCUT2D eigenvalue weighted by Crippen LogP contribution is -2.22. The molecule has 0 saturated heterocycles. The molecule has 0 saturated carbocycles. The molecule has 160 valence electrons. The number of nitrogens with one attached hydrogen (secondary N) is 2. The van der Waals surface area contributed by atoms with Crippen LogP contribution in [0.5, 0.6) is 0 Å². The van der Waals surface area contributed by atoms with Gasteiger partial charge in [-0.15, -0.1) is 22.7 Å². The average molecular weight is 462 g/mol. The number of rotatable bonds is 5. The Hall–Kier alpha value is -3.40. The summed E-state index contributed by atoms with van der Waals surface area (Å²) in [6.07, 6.45) is 8.63. The zero-order valence-corrected chi connectivity index (χ0v) is 18.7. The Bertz CT molecular complexity index is 1330. The predicted octanol–water partition coefficient (Wildman–Crippen LogP) is 4.77. The molecule has 3 aromatic heterocycles. The Morgan fingerprint density at radius 3 is 2.62 bits per heavy atom. The third-order valence-electron chi connectivity index (χ3n) is 5.57. The van der Waals surface area contributed by atoms with Gasteiger partial charge in [0.25, 0.3) is 0 Å². The van der Waals surface area contributed by atoms with Gasteiger partial charge in [0, 0.05) is 33.4 Å². The normalized spacial score (nSPS) is 17.9. The maximum atomic E-state index is 11.2. The van der Waals surface area contributed by atoms with E-state index in [1.54, 1.807) is 32.6 Å². The molecule has 2 aliphatic heterocycles. The minimum Gasteiger partial charge on any atom is -0.339 e. The van der Waals surface area contributed by atoms with E-state index >= 15 is 0 Å². The van der Waals surface area contributed by atoms with E-state index < -0.39 is 0 Å². The van der Waals surface area contributed by atoms with E-state index in [-0.39, 0.29) is 6.04 Å². The molecule has 1 unspecified atom stereocenters. The Kier molecular flexibility index (Phi) is 4.60. The highest BCUT2D eigenvalue weighted by Gasteiger charge is 2.23. The zero-order valence-electron chi connectivity index (χ0n) is 17.1. The average Bonchev–Trinajstić information content (AvgIpc) is 3.61. The molecule has 9 heteroatoms. The third-order valence-corrected chi connectivity index (χ3v) is 7.94. The molecule has 32 heavy (non-hydrogen) atoms. The standard InChI is InChI=1S/C23H19N5O2S2/c1-27-12-17(26-30-27)14-4-6-15(7-5-14)19-9-21-22(31-19)10-20(32-21)16-11-24-23(25-16)18-3-2-8-28(18)13-29/h2-7,9-13,18,26H,8H2,1H3,(H,24,25). The van der Waals surface area contributed by atoms with E-state index in [0.29, 0.717) is 6.54 Å². The molecule has 0 spiro atoms. The maximum absolute atomic E-state index is 11.2. The fourth-order valence-corrected chi connectivity index (χ4v) is 6.29. The lowest BCUT2D eigenvalue weighted by atomic mass is 10.1. The molecule has 2 aliphatic rings. The molecule has 0 bridgehead atoms. The van der Waals surface area contributed by atoms with Crippen LogP contribution < -0.4 is 5.48 Å². The van der Waals surface area contributed by atoms with Gasteiger partial charge in [-0.25, -0.2) is 15.5 Å². The van der Waals surface area contributed by atoms with E-state index in [2.05, 4.69) is 51.8 Å². The molecule has 0 fully saturated rings. The highest BCUT2D eigenvalue weighted by atomic mass is 32.1. The summed E-state index contributed by atoms with van der Waals surface area (Å²) in [4.78, 5) is 28.5. The van der Waals surface area contributed by atoms with E-state index in [9.17, 15) is 4.79 Å². The van der Waals surface area contributed by atoms with Gasteiger partial charge in [0.15, 0.2) is 0 Å². The number of aromatic nitrogens is 2. The van der Waals surface area contributed by atoms with Crippen molar-refractivity contribution >= 4 is 44.2 Å². The number of H-pyrrole nitrogens is 1. The van der Waals surface area contributed by atoms with Crippen molar-refractivity contribution in [3.63, 3.8) is 0 Å². The molecule has 1 amide bonds. The van der Waals surface area contributed by atoms with Crippen LogP contribution >= 0.6 is 22.7 Å². The minimum atomic E-state index is -0.112. The van der Waals surface area contributed by atoms with Crippen molar-refractivity contribution in [2.75, 3.05) is 13.6 Å². The zero-order chi connectivity index (χ0) is 21.7. The van der Waals surface area contributed by atoms with Crippen LogP contribution in [0.1, 0.15) is 17.4 Å². The van der Waals surface area contributed by atoms with Gasteiger partial charge in [0.1, 0.15) is 11.9 Å². The van der Waals surface area contributed by atoms with E-state index in [0.717, 1.165) is 34.1 Å². The third kappa shape index (κ3) is 3.31. The molecule has 1 atom stereocenters. The number of hydroxylamine groups is 3. The maximum Gasteiger partial charge on any atom is 0.210 e. The number of hydrogen-bond acceptors (Lipinski definition) is 7. The molecule has 5 heterocycles. The molecule has 0 radical (unpaired) electrons. The van der Waals surface area contributed by atoms with Gasteiger partial charge in [-0.1, -0.05) is 36.4 Å². The first-order valence-electron chi connectivity index (χ1n) is 10.1. The fourth-order valence-electron chi connectivity index (χ4n) is 3.92. The fraction of sp³-hybridized carbons (Fsp3) is 0.130. The molecule has 7 nitrogen and oxygen atoms in total. The minimum absolute atomic E-state index is 0.112. The van der Waals surface area contributed by atoms with Crippen LogP contribution in [0, 0.1) is 0 Å². The van der Waals surface area contributed by atoms with Gasteiger partial charge in [-0.2, -0.15) is 4.94 Å². The van der Waals surface area contributed by atoms with Crippen LogP contribution in [0.2, 0.25) is 0 Å². The second kappa shape index (κ2) is 7.63. The molecule has 0 aliphatic carbocycles. The van der Waals surface area contributed by atoms with Gasteiger partial charge >= 0.3 is 0 Å². The first kappa shape index (κ1) is 19.3. The van der Waals surface area contributed by atoms with Crippen molar-refractivity contribution in [3.05, 3.63) is 72.3 Å². The number of benzene rings is 1. The number of carbonyl (C=O) groups is 1. The highest BCUT2D eigenvalue weighted by Crippen LogP contribution is 2.41. The Balaban J connectivity index is 1.24. The second-order valence-corrected chi connectivity index (χ2v) is 9.83. The van der Waals surface area contributed by atoms with Crippen molar-refractivity contribution in [3.8, 4) is 21.0 Å². The highest BCUT2D eigenvalue weighted by molar-refractivity contribution is 7.31. The largest absolute Gasteiger partial charge is 0.339 e. The van der Waals surface area contributed by atoms with Gasteiger partial charge in [-0.3, -0.25) is 4.79 Å². The Morgan fingerprint density at radius 2 is 1.88 bits per heavy atom. The van der Waals surface area contributed by atoms with Crippen molar-refractivity contribution in [1.82, 2.24) is 25.4 Å². The molecular weight excluding hydrogens is 442 g/mol. The molecule has 2 N–H and O–H groups in total. The van der Waals surface area contributed by atoms with Gasteiger partial charge in [0.2, 0.25) is 6.41 Å². The van der Waals surface area contributed by atoms with E-state index in [4.69, 9.17) is 4.94 Å². The summed E-state index contributed by atoms with van der Waals surface area (Å²) in [7, 11) is 1.84. The quantitative estimate of drug-likeness (QED) is 0.331. The molecule has 1 aromatic carbocycles. The number of fused-ring (bicyclic) bond motifs is 1. The van der Waals surface area contributed by atoms with Crippen molar-refractivity contribution < 1.29 is 9.73 Å². The van der Waals surface area contributed by atoms with Crippen LogP contribution in [0.4, 0.5) is 0 Å². The van der Waals surface area contributed by atoms with Crippen LogP contribution in [0.25, 0.3) is 36.1 Å². The van der Waals surface area contributed by atoms with Crippen molar-refractivity contribution in [2.45, 2.75) is 6.04 Å². The summed E-state index contributed by atoms with van der Waals surface area (Å²) >= 11 is 3.54. The summed E-state index contributed by atoms with van der Waals surface area (Å²) < 4.78 is 2.51. The lowest BCUT2D eigenvalue weighted by Gasteiger charge is -2.16. The van der Waals surface area contributed by atoms with Crippen LogP contribution in [-0.4, -0.2) is 39.9 Å². The summed E-state index contributed by atoms with van der Waals surface area (Å²) in [5.74, 6) is 0.793.